The fourth-order valence-corrected chi connectivity index (χ4v) is 4.62. The van der Waals surface area contributed by atoms with Gasteiger partial charge in [-0.05, 0) is 18.2 Å². The SMILES string of the molecule is CN(C)/C=C/C(=O)c1cn(S(=O)(=O)c2ccccc2)c2nccc(Oc3cc(F)cc(F)c3)c12. The maximum absolute atomic E-state index is 13.7. The van der Waals surface area contributed by atoms with Crippen LogP contribution >= 0.6 is 0 Å². The van der Waals surface area contributed by atoms with Gasteiger partial charge in [0.15, 0.2) is 11.4 Å². The van der Waals surface area contributed by atoms with Crippen LogP contribution in [0.1, 0.15) is 10.4 Å². The molecule has 2 aromatic carbocycles. The molecule has 0 aliphatic heterocycles. The van der Waals surface area contributed by atoms with Gasteiger partial charge in [-0.25, -0.2) is 26.2 Å². The second kappa shape index (κ2) is 9.06. The smallest absolute Gasteiger partial charge is 0.269 e. The van der Waals surface area contributed by atoms with Gasteiger partial charge in [0.2, 0.25) is 0 Å². The third kappa shape index (κ3) is 4.53. The summed E-state index contributed by atoms with van der Waals surface area (Å²) in [5, 5.41) is 0.0834. The standard InChI is InChI=1S/C24H19F2N3O4S/c1-28(2)11-9-21(30)20-15-29(34(31,32)19-6-4-3-5-7-19)24-23(20)22(8-10-27-24)33-18-13-16(25)12-17(26)14-18/h3-15H,1-2H3/b11-9+. The molecule has 10 heteroatoms. The van der Waals surface area contributed by atoms with Crippen LogP contribution in [0.3, 0.4) is 0 Å². The van der Waals surface area contributed by atoms with E-state index in [4.69, 9.17) is 4.74 Å². The number of ketones is 1. The summed E-state index contributed by atoms with van der Waals surface area (Å²) >= 11 is 0. The van der Waals surface area contributed by atoms with Crippen molar-refractivity contribution in [1.82, 2.24) is 13.9 Å². The largest absolute Gasteiger partial charge is 0.456 e. The van der Waals surface area contributed by atoms with E-state index in [0.717, 1.165) is 16.1 Å². The van der Waals surface area contributed by atoms with Gasteiger partial charge in [-0.3, -0.25) is 4.79 Å². The minimum absolute atomic E-state index is 0.00458. The van der Waals surface area contributed by atoms with E-state index in [0.29, 0.717) is 6.07 Å². The van der Waals surface area contributed by atoms with Gasteiger partial charge < -0.3 is 9.64 Å². The maximum atomic E-state index is 13.7. The fraction of sp³-hybridized carbons (Fsp3) is 0.0833. The molecule has 0 saturated carbocycles. The molecule has 0 unspecified atom stereocenters. The second-order valence-electron chi connectivity index (χ2n) is 7.52. The van der Waals surface area contributed by atoms with Crippen molar-refractivity contribution in [3.63, 3.8) is 0 Å². The zero-order valence-corrected chi connectivity index (χ0v) is 19.0. The first-order valence-electron chi connectivity index (χ1n) is 10.0. The highest BCUT2D eigenvalue weighted by Gasteiger charge is 2.26. The molecule has 0 saturated heterocycles. The Kier molecular flexibility index (Phi) is 6.16. The topological polar surface area (TPSA) is 81.5 Å². The van der Waals surface area contributed by atoms with Crippen LogP contribution in [0.15, 0.2) is 84.2 Å². The summed E-state index contributed by atoms with van der Waals surface area (Å²) in [6, 6.07) is 11.7. The van der Waals surface area contributed by atoms with Crippen molar-refractivity contribution in [2.45, 2.75) is 4.90 Å². The molecule has 4 aromatic rings. The van der Waals surface area contributed by atoms with Gasteiger partial charge in [0.1, 0.15) is 23.1 Å². The molecule has 0 aliphatic rings. The van der Waals surface area contributed by atoms with Crippen LogP contribution in [0, 0.1) is 11.6 Å². The number of carbonyl (C=O) groups excluding carboxylic acids is 1. The lowest BCUT2D eigenvalue weighted by Crippen LogP contribution is -2.12. The maximum Gasteiger partial charge on any atom is 0.269 e. The van der Waals surface area contributed by atoms with Gasteiger partial charge in [-0.15, -0.1) is 0 Å². The summed E-state index contributed by atoms with van der Waals surface area (Å²) in [5.41, 5.74) is -0.0765. The number of benzene rings is 2. The quantitative estimate of drug-likeness (QED) is 0.282. The number of hydrogen-bond acceptors (Lipinski definition) is 6. The van der Waals surface area contributed by atoms with Crippen LogP contribution in [0.25, 0.3) is 11.0 Å². The van der Waals surface area contributed by atoms with E-state index < -0.39 is 27.4 Å². The lowest BCUT2D eigenvalue weighted by molar-refractivity contribution is 0.104. The number of allylic oxidation sites excluding steroid dienone is 1. The monoisotopic (exact) mass is 483 g/mol. The number of rotatable bonds is 7. The van der Waals surface area contributed by atoms with Crippen molar-refractivity contribution >= 4 is 26.8 Å². The Morgan fingerprint density at radius 2 is 1.74 bits per heavy atom. The normalized spacial score (nSPS) is 11.8. The Morgan fingerprint density at radius 3 is 2.38 bits per heavy atom. The number of nitrogens with zero attached hydrogens (tertiary/aromatic N) is 3. The van der Waals surface area contributed by atoms with E-state index in [2.05, 4.69) is 4.98 Å². The van der Waals surface area contributed by atoms with Crippen molar-refractivity contribution in [1.29, 1.82) is 0 Å². The average Bonchev–Trinajstić information content (AvgIpc) is 3.19. The summed E-state index contributed by atoms with van der Waals surface area (Å²) in [5.74, 6) is -2.36. The highest BCUT2D eigenvalue weighted by molar-refractivity contribution is 7.90. The third-order valence-electron chi connectivity index (χ3n) is 4.77. The Morgan fingerprint density at radius 1 is 1.06 bits per heavy atom. The summed E-state index contributed by atoms with van der Waals surface area (Å²) in [4.78, 5) is 18.8. The first-order chi connectivity index (χ1) is 16.2. The van der Waals surface area contributed by atoms with Crippen molar-refractivity contribution in [3.05, 3.63) is 96.5 Å². The highest BCUT2D eigenvalue weighted by atomic mass is 32.2. The first kappa shape index (κ1) is 23.1. The lowest BCUT2D eigenvalue weighted by atomic mass is 10.1. The Labute approximate surface area is 194 Å². The molecule has 2 heterocycles. The van der Waals surface area contributed by atoms with E-state index in [1.54, 1.807) is 37.2 Å². The molecule has 0 aliphatic carbocycles. The predicted molar refractivity (Wildman–Crippen MR) is 122 cm³/mol. The minimum Gasteiger partial charge on any atom is -0.456 e. The second-order valence-corrected chi connectivity index (χ2v) is 9.33. The van der Waals surface area contributed by atoms with Crippen LogP contribution in [0.5, 0.6) is 11.5 Å². The molecule has 0 fully saturated rings. The van der Waals surface area contributed by atoms with E-state index in [1.165, 1.54) is 42.9 Å². The summed E-state index contributed by atoms with van der Waals surface area (Å²) < 4.78 is 60.7. The number of ether oxygens (including phenoxy) is 1. The first-order valence-corrected chi connectivity index (χ1v) is 11.4. The van der Waals surface area contributed by atoms with Crippen molar-refractivity contribution in [2.75, 3.05) is 14.1 Å². The molecule has 0 radical (unpaired) electrons. The van der Waals surface area contributed by atoms with Crippen molar-refractivity contribution in [3.8, 4) is 11.5 Å². The van der Waals surface area contributed by atoms with Crippen LogP contribution in [-0.2, 0) is 10.0 Å². The van der Waals surface area contributed by atoms with Gasteiger partial charge in [-0.2, -0.15) is 0 Å². The zero-order chi connectivity index (χ0) is 24.5. The highest BCUT2D eigenvalue weighted by Crippen LogP contribution is 2.35. The number of fused-ring (bicyclic) bond motifs is 1. The average molecular weight is 483 g/mol. The molecule has 0 amide bonds. The molecule has 0 bridgehead atoms. The van der Waals surface area contributed by atoms with Gasteiger partial charge in [-0.1, -0.05) is 18.2 Å². The third-order valence-corrected chi connectivity index (χ3v) is 6.43. The zero-order valence-electron chi connectivity index (χ0n) is 18.1. The summed E-state index contributed by atoms with van der Waals surface area (Å²) in [6.07, 6.45) is 5.23. The van der Waals surface area contributed by atoms with E-state index in [-0.39, 0.29) is 33.0 Å². The lowest BCUT2D eigenvalue weighted by Gasteiger charge is -2.09. The number of halogens is 2. The van der Waals surface area contributed by atoms with Crippen molar-refractivity contribution in [2.24, 2.45) is 0 Å². The minimum atomic E-state index is -4.12. The predicted octanol–water partition coefficient (Wildman–Crippen LogP) is 4.60. The van der Waals surface area contributed by atoms with Gasteiger partial charge in [0.05, 0.1) is 15.8 Å². The van der Waals surface area contributed by atoms with Crippen LogP contribution in [0.4, 0.5) is 8.78 Å². The molecule has 0 atom stereocenters. The van der Waals surface area contributed by atoms with Crippen LogP contribution in [0.2, 0.25) is 0 Å². The van der Waals surface area contributed by atoms with Gasteiger partial charge in [0.25, 0.3) is 10.0 Å². The fourth-order valence-electron chi connectivity index (χ4n) is 3.28. The molecular weight excluding hydrogens is 464 g/mol. The summed E-state index contributed by atoms with van der Waals surface area (Å²) in [7, 11) is -0.673. The summed E-state index contributed by atoms with van der Waals surface area (Å²) in [6.45, 7) is 0. The number of aromatic nitrogens is 2. The molecule has 0 spiro atoms. The van der Waals surface area contributed by atoms with E-state index >= 15 is 0 Å². The van der Waals surface area contributed by atoms with Crippen LogP contribution in [-0.4, -0.2) is 42.2 Å². The Balaban J connectivity index is 1.95. The van der Waals surface area contributed by atoms with Crippen molar-refractivity contribution < 1.29 is 26.7 Å². The van der Waals surface area contributed by atoms with E-state index in [9.17, 15) is 22.0 Å². The van der Waals surface area contributed by atoms with Gasteiger partial charge in [0, 0.05) is 57.0 Å². The van der Waals surface area contributed by atoms with E-state index in [1.807, 2.05) is 0 Å². The number of hydrogen-bond donors (Lipinski definition) is 0. The Hall–Kier alpha value is -4.05. The van der Waals surface area contributed by atoms with Crippen LogP contribution < -0.4 is 4.74 Å². The molecule has 0 N–H and O–H groups in total. The molecule has 2 aromatic heterocycles. The number of carbonyl (C=O) groups is 1. The number of pyridine rings is 1. The molecular formula is C24H19F2N3O4S. The Bertz CT molecular complexity index is 1490. The molecule has 34 heavy (non-hydrogen) atoms. The molecule has 4 rings (SSSR count). The van der Waals surface area contributed by atoms with Gasteiger partial charge >= 0.3 is 0 Å². The molecule has 7 nitrogen and oxygen atoms in total. The molecule has 174 valence electrons.